The van der Waals surface area contributed by atoms with Gasteiger partial charge in [0.1, 0.15) is 0 Å². The molecule has 0 bridgehead atoms. The molecule has 2 aromatic carbocycles. The first-order valence-corrected chi connectivity index (χ1v) is 8.58. The second-order valence-corrected chi connectivity index (χ2v) is 5.87. The van der Waals surface area contributed by atoms with Crippen LogP contribution in [0.1, 0.15) is 40.1 Å². The molecule has 0 saturated heterocycles. The van der Waals surface area contributed by atoms with Gasteiger partial charge >= 0.3 is 0 Å². The predicted octanol–water partition coefficient (Wildman–Crippen LogP) is 4.37. The molecular formula is C22H21NO2. The Morgan fingerprint density at radius 3 is 1.88 bits per heavy atom. The average Bonchev–Trinajstić information content (AvgIpc) is 2.90. The molecule has 0 heterocycles. The van der Waals surface area contributed by atoms with Crippen molar-refractivity contribution in [3.05, 3.63) is 89.0 Å². The summed E-state index contributed by atoms with van der Waals surface area (Å²) in [4.78, 5) is 27.3. The highest BCUT2D eigenvalue weighted by atomic mass is 16.2. The average molecular weight is 331 g/mol. The third kappa shape index (κ3) is 3.18. The number of carbonyl (C=O) groups excluding carboxylic acids is 2. The van der Waals surface area contributed by atoms with E-state index in [9.17, 15) is 9.59 Å². The molecule has 0 atom stereocenters. The third-order valence-corrected chi connectivity index (χ3v) is 4.49. The molecule has 25 heavy (non-hydrogen) atoms. The fraction of sp³-hybridized carbons (Fsp3) is 0.182. The SMILES string of the molecule is CCN(CC)/C(=C/C=C1C(=O)c2ccccc2C1=O)c1ccccc1. The van der Waals surface area contributed by atoms with E-state index in [2.05, 4.69) is 18.7 Å². The summed E-state index contributed by atoms with van der Waals surface area (Å²) in [6.45, 7) is 5.88. The first-order valence-electron chi connectivity index (χ1n) is 8.58. The van der Waals surface area contributed by atoms with Crippen molar-refractivity contribution >= 4 is 17.3 Å². The van der Waals surface area contributed by atoms with Gasteiger partial charge in [-0.2, -0.15) is 0 Å². The van der Waals surface area contributed by atoms with Crippen molar-refractivity contribution in [2.24, 2.45) is 0 Å². The fourth-order valence-corrected chi connectivity index (χ4v) is 3.14. The molecule has 1 aliphatic rings. The molecular weight excluding hydrogens is 310 g/mol. The van der Waals surface area contributed by atoms with Crippen LogP contribution in [-0.2, 0) is 0 Å². The largest absolute Gasteiger partial charge is 0.372 e. The number of Topliss-reactive ketones (excluding diaryl/α,β-unsaturated/α-hetero) is 2. The Labute approximate surface area is 148 Å². The number of ketones is 2. The molecule has 0 saturated carbocycles. The van der Waals surface area contributed by atoms with Crippen LogP contribution in [0, 0.1) is 0 Å². The Kier molecular flexibility index (Phi) is 4.94. The smallest absolute Gasteiger partial charge is 0.197 e. The summed E-state index contributed by atoms with van der Waals surface area (Å²) in [5, 5.41) is 0. The van der Waals surface area contributed by atoms with Crippen molar-refractivity contribution in [1.82, 2.24) is 4.90 Å². The normalized spacial score (nSPS) is 13.8. The monoisotopic (exact) mass is 331 g/mol. The number of benzene rings is 2. The van der Waals surface area contributed by atoms with E-state index >= 15 is 0 Å². The van der Waals surface area contributed by atoms with Crippen LogP contribution in [0.15, 0.2) is 72.3 Å². The Morgan fingerprint density at radius 1 is 0.840 bits per heavy atom. The van der Waals surface area contributed by atoms with Gasteiger partial charge in [0, 0.05) is 29.9 Å². The topological polar surface area (TPSA) is 37.4 Å². The summed E-state index contributed by atoms with van der Waals surface area (Å²) in [5.41, 5.74) is 3.31. The summed E-state index contributed by atoms with van der Waals surface area (Å²) in [7, 11) is 0. The first kappa shape index (κ1) is 16.9. The molecule has 0 fully saturated rings. The Balaban J connectivity index is 2.04. The maximum Gasteiger partial charge on any atom is 0.197 e. The molecule has 0 spiro atoms. The lowest BCUT2D eigenvalue weighted by Crippen LogP contribution is -2.21. The van der Waals surface area contributed by atoms with Crippen LogP contribution in [0.5, 0.6) is 0 Å². The van der Waals surface area contributed by atoms with Crippen LogP contribution < -0.4 is 0 Å². The van der Waals surface area contributed by atoms with Gasteiger partial charge in [-0.1, -0.05) is 54.6 Å². The number of fused-ring (bicyclic) bond motifs is 1. The first-order chi connectivity index (χ1) is 12.2. The number of hydrogen-bond acceptors (Lipinski definition) is 3. The van der Waals surface area contributed by atoms with E-state index in [1.54, 1.807) is 30.3 Å². The second-order valence-electron chi connectivity index (χ2n) is 5.87. The van der Waals surface area contributed by atoms with Gasteiger partial charge in [-0.15, -0.1) is 0 Å². The molecule has 3 nitrogen and oxygen atoms in total. The van der Waals surface area contributed by atoms with Crippen LogP contribution in [-0.4, -0.2) is 29.6 Å². The summed E-state index contributed by atoms with van der Waals surface area (Å²) in [5.74, 6) is -0.382. The van der Waals surface area contributed by atoms with Gasteiger partial charge in [-0.25, -0.2) is 0 Å². The highest BCUT2D eigenvalue weighted by Gasteiger charge is 2.32. The van der Waals surface area contributed by atoms with E-state index in [0.717, 1.165) is 24.4 Å². The molecule has 3 rings (SSSR count). The van der Waals surface area contributed by atoms with E-state index in [1.807, 2.05) is 36.4 Å². The Bertz CT molecular complexity index is 822. The summed E-state index contributed by atoms with van der Waals surface area (Å²) < 4.78 is 0. The zero-order valence-electron chi connectivity index (χ0n) is 14.5. The maximum absolute atomic E-state index is 12.5. The van der Waals surface area contributed by atoms with E-state index in [0.29, 0.717) is 11.1 Å². The third-order valence-electron chi connectivity index (χ3n) is 4.49. The summed E-state index contributed by atoms with van der Waals surface area (Å²) >= 11 is 0. The molecule has 0 unspecified atom stereocenters. The minimum Gasteiger partial charge on any atom is -0.372 e. The predicted molar refractivity (Wildman–Crippen MR) is 101 cm³/mol. The molecule has 3 heteroatoms. The molecule has 0 N–H and O–H groups in total. The van der Waals surface area contributed by atoms with E-state index in [1.165, 1.54) is 0 Å². The highest BCUT2D eigenvalue weighted by molar-refractivity contribution is 6.39. The van der Waals surface area contributed by atoms with Crippen molar-refractivity contribution in [3.63, 3.8) is 0 Å². The number of hydrogen-bond donors (Lipinski definition) is 0. The minimum atomic E-state index is -0.191. The highest BCUT2D eigenvalue weighted by Crippen LogP contribution is 2.27. The molecule has 0 amide bonds. The van der Waals surface area contributed by atoms with E-state index in [4.69, 9.17) is 0 Å². The standard InChI is InChI=1S/C22H21NO2/c1-3-23(4-2)20(16-10-6-5-7-11-16)15-14-19-21(24)17-12-8-9-13-18(17)22(19)25/h5-15H,3-4H2,1-2H3/b20-15+. The van der Waals surface area contributed by atoms with Gasteiger partial charge in [-0.3, -0.25) is 9.59 Å². The van der Waals surface area contributed by atoms with Gasteiger partial charge in [-0.05, 0) is 31.6 Å². The van der Waals surface area contributed by atoms with E-state index < -0.39 is 0 Å². The zero-order valence-corrected chi connectivity index (χ0v) is 14.5. The number of carbonyl (C=O) groups is 2. The lowest BCUT2D eigenvalue weighted by atomic mass is 10.1. The number of nitrogens with zero attached hydrogens (tertiary/aromatic N) is 1. The molecule has 126 valence electrons. The minimum absolute atomic E-state index is 0.191. The molecule has 0 aliphatic heterocycles. The summed E-state index contributed by atoms with van der Waals surface area (Å²) in [6, 6.07) is 17.0. The van der Waals surface area contributed by atoms with Gasteiger partial charge in [0.05, 0.1) is 5.57 Å². The summed E-state index contributed by atoms with van der Waals surface area (Å²) in [6.07, 6.45) is 3.56. The lowest BCUT2D eigenvalue weighted by molar-refractivity contribution is 0.0989. The number of allylic oxidation sites excluding steroid dienone is 3. The van der Waals surface area contributed by atoms with Crippen molar-refractivity contribution in [3.8, 4) is 0 Å². The molecule has 0 aromatic heterocycles. The Morgan fingerprint density at radius 2 is 1.36 bits per heavy atom. The van der Waals surface area contributed by atoms with Crippen molar-refractivity contribution in [2.75, 3.05) is 13.1 Å². The van der Waals surface area contributed by atoms with Gasteiger partial charge in [0.25, 0.3) is 0 Å². The van der Waals surface area contributed by atoms with Crippen LogP contribution in [0.4, 0.5) is 0 Å². The van der Waals surface area contributed by atoms with Gasteiger partial charge in [0.2, 0.25) is 0 Å². The van der Waals surface area contributed by atoms with Gasteiger partial charge < -0.3 is 4.90 Å². The molecule has 1 aliphatic carbocycles. The fourth-order valence-electron chi connectivity index (χ4n) is 3.14. The van der Waals surface area contributed by atoms with Crippen LogP contribution >= 0.6 is 0 Å². The zero-order chi connectivity index (χ0) is 17.8. The number of rotatable bonds is 5. The quantitative estimate of drug-likeness (QED) is 0.603. The van der Waals surface area contributed by atoms with Crippen molar-refractivity contribution in [2.45, 2.75) is 13.8 Å². The maximum atomic E-state index is 12.5. The lowest BCUT2D eigenvalue weighted by Gasteiger charge is -2.24. The van der Waals surface area contributed by atoms with Gasteiger partial charge in [0.15, 0.2) is 11.6 Å². The molecule has 2 aromatic rings. The van der Waals surface area contributed by atoms with Crippen LogP contribution in [0.2, 0.25) is 0 Å². The van der Waals surface area contributed by atoms with Crippen molar-refractivity contribution in [1.29, 1.82) is 0 Å². The van der Waals surface area contributed by atoms with Crippen LogP contribution in [0.25, 0.3) is 5.70 Å². The van der Waals surface area contributed by atoms with E-state index in [-0.39, 0.29) is 17.1 Å². The Hall–Kier alpha value is -2.94. The second kappa shape index (κ2) is 7.31. The van der Waals surface area contributed by atoms with Crippen LogP contribution in [0.3, 0.4) is 0 Å². The molecule has 0 radical (unpaired) electrons. The van der Waals surface area contributed by atoms with Crippen molar-refractivity contribution < 1.29 is 9.59 Å².